The van der Waals surface area contributed by atoms with E-state index >= 15 is 0 Å². The van der Waals surface area contributed by atoms with Gasteiger partial charge in [0.25, 0.3) is 5.56 Å². The average Bonchev–Trinajstić information content (AvgIpc) is 3.22. The van der Waals surface area contributed by atoms with E-state index in [9.17, 15) is 18.8 Å². The second-order valence-electron chi connectivity index (χ2n) is 8.86. The molecular weight excluding hydrogens is 445 g/mol. The molecule has 3 aromatic rings. The Labute approximate surface area is 194 Å². The van der Waals surface area contributed by atoms with Crippen molar-refractivity contribution in [2.45, 2.75) is 52.7 Å². The van der Waals surface area contributed by atoms with Gasteiger partial charge in [0.15, 0.2) is 10.8 Å². The van der Waals surface area contributed by atoms with Crippen molar-refractivity contribution in [3.05, 3.63) is 56.5 Å². The summed E-state index contributed by atoms with van der Waals surface area (Å²) in [6, 6.07) is 5.47. The molecule has 4 rings (SSSR count). The van der Waals surface area contributed by atoms with E-state index in [1.807, 2.05) is 0 Å². The minimum absolute atomic E-state index is 0.203. The van der Waals surface area contributed by atoms with Crippen molar-refractivity contribution in [3.8, 4) is 0 Å². The molecule has 0 bridgehead atoms. The normalized spacial score (nSPS) is 14.9. The van der Waals surface area contributed by atoms with Crippen LogP contribution in [-0.2, 0) is 17.9 Å². The summed E-state index contributed by atoms with van der Waals surface area (Å²) in [5.41, 5.74) is 0.0627. The van der Waals surface area contributed by atoms with Gasteiger partial charge in [0.05, 0.1) is 0 Å². The van der Waals surface area contributed by atoms with Crippen molar-refractivity contribution in [1.82, 2.24) is 19.4 Å². The molecule has 0 saturated carbocycles. The Hall–Kier alpha value is -3.01. The van der Waals surface area contributed by atoms with Gasteiger partial charge in [0.1, 0.15) is 17.1 Å². The molecule has 1 aliphatic rings. The van der Waals surface area contributed by atoms with E-state index in [1.165, 1.54) is 32.6 Å². The molecule has 0 spiro atoms. The van der Waals surface area contributed by atoms with Gasteiger partial charge in [-0.3, -0.25) is 18.7 Å². The smallest absolute Gasteiger partial charge is 0.333 e. The quantitative estimate of drug-likeness (QED) is 0.595. The third-order valence-corrected chi connectivity index (χ3v) is 7.07. The maximum absolute atomic E-state index is 13.2. The number of nitrogens with zero attached hydrogens (tertiary/aromatic N) is 4. The molecule has 1 aromatic carbocycles. The third-order valence-electron chi connectivity index (χ3n) is 5.98. The second kappa shape index (κ2) is 9.46. The van der Waals surface area contributed by atoms with E-state index in [-0.39, 0.29) is 36.2 Å². The average molecular weight is 474 g/mol. The highest BCUT2D eigenvalue weighted by Gasteiger charge is 2.24. The highest BCUT2D eigenvalue weighted by molar-refractivity contribution is 7.22. The van der Waals surface area contributed by atoms with E-state index in [0.717, 1.165) is 31.5 Å². The van der Waals surface area contributed by atoms with Gasteiger partial charge in [-0.1, -0.05) is 30.4 Å². The Balaban J connectivity index is 1.66. The highest BCUT2D eigenvalue weighted by atomic mass is 32.1. The van der Waals surface area contributed by atoms with Crippen molar-refractivity contribution in [1.29, 1.82) is 0 Å². The number of carbonyl (C=O) groups excluding carboxylic acids is 1. The van der Waals surface area contributed by atoms with Gasteiger partial charge >= 0.3 is 5.69 Å². The first-order chi connectivity index (χ1) is 15.7. The zero-order valence-corrected chi connectivity index (χ0v) is 19.8. The summed E-state index contributed by atoms with van der Waals surface area (Å²) < 4.78 is 15.9. The third kappa shape index (κ3) is 4.85. The summed E-state index contributed by atoms with van der Waals surface area (Å²) in [5.74, 6) is -0.0905. The van der Waals surface area contributed by atoms with Crippen LogP contribution in [0.5, 0.6) is 0 Å². The molecule has 10 heteroatoms. The zero-order chi connectivity index (χ0) is 23.7. The largest absolute Gasteiger partial charge is 0.350 e. The van der Waals surface area contributed by atoms with Crippen LogP contribution in [0.4, 0.5) is 9.52 Å². The summed E-state index contributed by atoms with van der Waals surface area (Å²) in [5, 5.41) is 3.46. The lowest BCUT2D eigenvalue weighted by Crippen LogP contribution is -2.43. The number of carbonyl (C=O) groups is 1. The maximum Gasteiger partial charge on any atom is 0.333 e. The summed E-state index contributed by atoms with van der Waals surface area (Å²) >= 11 is 1.28. The molecule has 1 saturated heterocycles. The number of benzene rings is 1. The van der Waals surface area contributed by atoms with E-state index in [2.05, 4.69) is 22.1 Å². The number of rotatable bonds is 6. The van der Waals surface area contributed by atoms with Gasteiger partial charge in [-0.25, -0.2) is 14.2 Å². The fraction of sp³-hybridized carbons (Fsp3) is 0.478. The molecule has 2 aromatic heterocycles. The van der Waals surface area contributed by atoms with E-state index < -0.39 is 11.6 Å². The topological polar surface area (TPSA) is 89.2 Å². The predicted octanol–water partition coefficient (Wildman–Crippen LogP) is 2.89. The molecule has 176 valence electrons. The van der Waals surface area contributed by atoms with Crippen molar-refractivity contribution in [3.63, 3.8) is 0 Å². The number of thiazole rings is 1. The van der Waals surface area contributed by atoms with Crippen molar-refractivity contribution in [2.24, 2.45) is 5.92 Å². The molecule has 1 fully saturated rings. The number of halogens is 1. The molecule has 1 aliphatic heterocycles. The number of hydrogen-bond acceptors (Lipinski definition) is 6. The van der Waals surface area contributed by atoms with Crippen LogP contribution in [0, 0.1) is 11.7 Å². The van der Waals surface area contributed by atoms with Crippen LogP contribution in [0.2, 0.25) is 0 Å². The Morgan fingerprint density at radius 1 is 1.21 bits per heavy atom. The lowest BCUT2D eigenvalue weighted by Gasteiger charge is -2.29. The van der Waals surface area contributed by atoms with Gasteiger partial charge < -0.3 is 10.2 Å². The number of anilines is 1. The first-order valence-electron chi connectivity index (χ1n) is 11.2. The zero-order valence-electron chi connectivity index (χ0n) is 19.0. The van der Waals surface area contributed by atoms with Crippen LogP contribution in [0.15, 0.2) is 33.9 Å². The molecular formula is C23H28FN5O3S. The summed E-state index contributed by atoms with van der Waals surface area (Å²) in [7, 11) is 0. The Morgan fingerprint density at radius 3 is 2.52 bits per heavy atom. The van der Waals surface area contributed by atoms with Crippen LogP contribution in [0.3, 0.4) is 0 Å². The van der Waals surface area contributed by atoms with Crippen LogP contribution in [-0.4, -0.2) is 33.1 Å². The van der Waals surface area contributed by atoms with Gasteiger partial charge in [-0.2, -0.15) is 0 Å². The van der Waals surface area contributed by atoms with Gasteiger partial charge in [-0.15, -0.1) is 0 Å². The van der Waals surface area contributed by atoms with E-state index in [1.54, 1.807) is 26.0 Å². The Bertz CT molecular complexity index is 1270. The van der Waals surface area contributed by atoms with Gasteiger partial charge in [0.2, 0.25) is 5.91 Å². The Morgan fingerprint density at radius 2 is 1.88 bits per heavy atom. The first kappa shape index (κ1) is 23.2. The van der Waals surface area contributed by atoms with Crippen molar-refractivity contribution >= 4 is 32.7 Å². The maximum atomic E-state index is 13.2. The predicted molar refractivity (Wildman–Crippen MR) is 127 cm³/mol. The van der Waals surface area contributed by atoms with Crippen LogP contribution in [0.1, 0.15) is 45.2 Å². The number of nitrogens with one attached hydrogen (secondary N) is 1. The number of fused-ring (bicyclic) bond motifs is 1. The summed E-state index contributed by atoms with van der Waals surface area (Å²) in [4.78, 5) is 45.7. The molecule has 1 N–H and O–H groups in total. The second-order valence-corrected chi connectivity index (χ2v) is 9.84. The number of aromatic nitrogens is 3. The van der Waals surface area contributed by atoms with Crippen molar-refractivity contribution in [2.75, 3.05) is 18.0 Å². The molecule has 0 radical (unpaired) electrons. The van der Waals surface area contributed by atoms with E-state index in [0.29, 0.717) is 15.7 Å². The lowest BCUT2D eigenvalue weighted by molar-refractivity contribution is -0.121. The molecule has 0 aliphatic carbocycles. The molecule has 0 atom stereocenters. The Kier molecular flexibility index (Phi) is 6.64. The minimum atomic E-state index is -0.552. The monoisotopic (exact) mass is 473 g/mol. The fourth-order valence-corrected chi connectivity index (χ4v) is 5.03. The standard InChI is InChI=1S/C23H28FN5O3S/c1-14(2)29-21(31)19-20(26-22(33-19)27-10-8-15(3)9-11-27)28(23(29)32)13-18(30)25-12-16-4-6-17(24)7-5-16/h4-7,14-15H,8-13H2,1-3H3,(H,25,30). The molecule has 33 heavy (non-hydrogen) atoms. The fourth-order valence-electron chi connectivity index (χ4n) is 3.98. The lowest BCUT2D eigenvalue weighted by atomic mass is 10.00. The van der Waals surface area contributed by atoms with Crippen LogP contribution in [0.25, 0.3) is 10.3 Å². The number of piperidine rings is 1. The van der Waals surface area contributed by atoms with Crippen LogP contribution >= 0.6 is 11.3 Å². The van der Waals surface area contributed by atoms with Crippen molar-refractivity contribution < 1.29 is 9.18 Å². The van der Waals surface area contributed by atoms with Crippen LogP contribution < -0.4 is 21.5 Å². The SMILES string of the molecule is CC1CCN(c2nc3c(s2)c(=O)n(C(C)C)c(=O)n3CC(=O)NCc2ccc(F)cc2)CC1. The minimum Gasteiger partial charge on any atom is -0.350 e. The van der Waals surface area contributed by atoms with Gasteiger partial charge in [0, 0.05) is 25.7 Å². The summed E-state index contributed by atoms with van der Waals surface area (Å²) in [6.07, 6.45) is 2.09. The molecule has 3 heterocycles. The molecule has 8 nitrogen and oxygen atoms in total. The van der Waals surface area contributed by atoms with Gasteiger partial charge in [-0.05, 0) is 50.3 Å². The first-order valence-corrected chi connectivity index (χ1v) is 12.0. The molecule has 0 unspecified atom stereocenters. The summed E-state index contributed by atoms with van der Waals surface area (Å²) in [6.45, 7) is 7.39. The number of amides is 1. The molecule has 1 amide bonds. The highest BCUT2D eigenvalue weighted by Crippen LogP contribution is 2.29. The van der Waals surface area contributed by atoms with E-state index in [4.69, 9.17) is 0 Å². The number of hydrogen-bond donors (Lipinski definition) is 1.